The summed E-state index contributed by atoms with van der Waals surface area (Å²) >= 11 is 0. The fraction of sp³-hybridized carbons (Fsp3) is 0.923. The largest absolute Gasteiger partial charge is 0.463 e. The minimum atomic E-state index is -0.557. The van der Waals surface area contributed by atoms with E-state index in [4.69, 9.17) is 19.7 Å². The van der Waals surface area contributed by atoms with Gasteiger partial charge in [0.25, 0.3) is 0 Å². The minimum absolute atomic E-state index is 0.0848. The molecule has 0 spiro atoms. The van der Waals surface area contributed by atoms with Gasteiger partial charge >= 0.3 is 11.9 Å². The number of esters is 2. The lowest BCUT2D eigenvalue weighted by Crippen LogP contribution is -2.33. The topological polar surface area (TPSA) is 93.1 Å². The zero-order chi connectivity index (χ0) is 23.7. The molecule has 184 valence electrons. The van der Waals surface area contributed by atoms with Gasteiger partial charge in [-0.2, -0.15) is 0 Å². The van der Waals surface area contributed by atoms with Crippen molar-refractivity contribution in [1.82, 2.24) is 0 Å². The van der Waals surface area contributed by atoms with E-state index in [0.29, 0.717) is 35.5 Å². The molecule has 0 heterocycles. The molecule has 4 saturated carbocycles. The van der Waals surface area contributed by atoms with Crippen molar-refractivity contribution in [2.24, 2.45) is 59.2 Å². The van der Waals surface area contributed by atoms with Crippen LogP contribution in [0.25, 0.3) is 0 Å². The Morgan fingerprint density at radius 2 is 1.28 bits per heavy atom. The van der Waals surface area contributed by atoms with E-state index < -0.39 is 6.10 Å². The highest BCUT2D eigenvalue weighted by atomic mass is 16.6. The second-order valence-electron chi connectivity index (χ2n) is 11.3. The lowest BCUT2D eigenvalue weighted by molar-refractivity contribution is -0.158. The Balaban J connectivity index is 0.000000181. The van der Waals surface area contributed by atoms with Crippen molar-refractivity contribution in [3.8, 4) is 0 Å². The molecule has 0 aliphatic heterocycles. The molecule has 6 nitrogen and oxygen atoms in total. The lowest BCUT2D eigenvalue weighted by Gasteiger charge is -2.30. The van der Waals surface area contributed by atoms with E-state index in [1.807, 2.05) is 0 Å². The minimum Gasteiger partial charge on any atom is -0.463 e. The standard InChI is InChI=1S/2C13H22O3/c1-7(14)6-16-13(15)12-5-10-4-11(12)9(3)8(10)2;1-7(6-14)16-13(15)12-5-10-4-11(12)9(3)8(10)2/h2*7-12,14H,4-6H2,1-3H3. The van der Waals surface area contributed by atoms with E-state index in [1.54, 1.807) is 13.8 Å². The molecule has 0 aromatic rings. The van der Waals surface area contributed by atoms with E-state index in [0.717, 1.165) is 24.7 Å². The van der Waals surface area contributed by atoms with E-state index in [-0.39, 0.29) is 43.1 Å². The molecule has 6 heteroatoms. The van der Waals surface area contributed by atoms with Crippen molar-refractivity contribution in [1.29, 1.82) is 0 Å². The molecule has 4 aliphatic carbocycles. The number of rotatable bonds is 6. The maximum absolute atomic E-state index is 11.9. The van der Waals surface area contributed by atoms with Gasteiger partial charge in [-0.15, -0.1) is 0 Å². The summed E-state index contributed by atoms with van der Waals surface area (Å²) in [5.74, 6) is 5.24. The summed E-state index contributed by atoms with van der Waals surface area (Å²) < 4.78 is 10.4. The molecule has 4 fully saturated rings. The van der Waals surface area contributed by atoms with Crippen LogP contribution < -0.4 is 0 Å². The fourth-order valence-electron chi connectivity index (χ4n) is 7.06. The first-order chi connectivity index (χ1) is 15.0. The summed E-state index contributed by atoms with van der Waals surface area (Å²) in [6, 6.07) is 0. The number of hydrogen-bond acceptors (Lipinski definition) is 6. The number of aliphatic hydroxyl groups excluding tert-OH is 2. The van der Waals surface area contributed by atoms with Gasteiger partial charge in [-0.25, -0.2) is 0 Å². The summed E-state index contributed by atoms with van der Waals surface area (Å²) in [6.07, 6.45) is 3.45. The average Bonchev–Trinajstić information content (AvgIpc) is 3.50. The maximum Gasteiger partial charge on any atom is 0.309 e. The molecule has 2 N–H and O–H groups in total. The Morgan fingerprint density at radius 1 is 0.812 bits per heavy atom. The first kappa shape index (κ1) is 25.5. The number of carbonyl (C=O) groups is 2. The van der Waals surface area contributed by atoms with Gasteiger partial charge in [-0.1, -0.05) is 27.7 Å². The Morgan fingerprint density at radius 3 is 1.66 bits per heavy atom. The van der Waals surface area contributed by atoms with Gasteiger partial charge < -0.3 is 19.7 Å². The third-order valence-electron chi connectivity index (χ3n) is 9.44. The SMILES string of the molecule is CC(CO)OC(=O)C1CC2CC1C(C)C2C.CC(O)COC(=O)C1CC2CC1C(C)C2C. The van der Waals surface area contributed by atoms with E-state index >= 15 is 0 Å². The van der Waals surface area contributed by atoms with Crippen molar-refractivity contribution in [2.45, 2.75) is 79.4 Å². The Labute approximate surface area is 193 Å². The van der Waals surface area contributed by atoms with Crippen LogP contribution >= 0.6 is 0 Å². The average molecular weight is 453 g/mol. The van der Waals surface area contributed by atoms with E-state index in [2.05, 4.69) is 27.7 Å². The van der Waals surface area contributed by atoms with Crippen LogP contribution in [0.15, 0.2) is 0 Å². The van der Waals surface area contributed by atoms with Crippen LogP contribution in [0.5, 0.6) is 0 Å². The summed E-state index contributed by atoms with van der Waals surface area (Å²) in [5, 5.41) is 18.0. The monoisotopic (exact) mass is 452 g/mol. The van der Waals surface area contributed by atoms with Crippen molar-refractivity contribution in [3.05, 3.63) is 0 Å². The summed E-state index contributed by atoms with van der Waals surface area (Å²) in [6.45, 7) is 12.5. The van der Waals surface area contributed by atoms with Crippen molar-refractivity contribution < 1.29 is 29.3 Å². The second-order valence-corrected chi connectivity index (χ2v) is 11.3. The molecule has 32 heavy (non-hydrogen) atoms. The Kier molecular flexibility index (Phi) is 8.30. The molecule has 0 aromatic heterocycles. The van der Waals surface area contributed by atoms with Crippen LogP contribution in [-0.2, 0) is 19.1 Å². The number of hydrogen-bond donors (Lipinski definition) is 2. The molecule has 0 amide bonds. The molecule has 12 unspecified atom stereocenters. The molecule has 12 atom stereocenters. The van der Waals surface area contributed by atoms with Crippen molar-refractivity contribution in [2.75, 3.05) is 13.2 Å². The molecular formula is C26H44O6. The maximum atomic E-state index is 11.9. The molecular weight excluding hydrogens is 408 g/mol. The molecule has 0 saturated heterocycles. The van der Waals surface area contributed by atoms with Gasteiger partial charge in [0.05, 0.1) is 24.5 Å². The van der Waals surface area contributed by atoms with Crippen LogP contribution in [0, 0.1) is 59.2 Å². The molecule has 0 aromatic carbocycles. The number of ether oxygens (including phenoxy) is 2. The zero-order valence-electron chi connectivity index (χ0n) is 20.7. The van der Waals surface area contributed by atoms with E-state index in [1.165, 1.54) is 12.8 Å². The lowest BCUT2D eigenvalue weighted by atomic mass is 9.76. The molecule has 0 radical (unpaired) electrons. The smallest absolute Gasteiger partial charge is 0.309 e. The predicted octanol–water partition coefficient (Wildman–Crippen LogP) is 3.68. The van der Waals surface area contributed by atoms with Gasteiger partial charge in [0.1, 0.15) is 12.7 Å². The van der Waals surface area contributed by atoms with E-state index in [9.17, 15) is 9.59 Å². The zero-order valence-corrected chi connectivity index (χ0v) is 20.7. The molecule has 4 aliphatic rings. The first-order valence-corrected chi connectivity index (χ1v) is 12.7. The van der Waals surface area contributed by atoms with Crippen molar-refractivity contribution in [3.63, 3.8) is 0 Å². The van der Waals surface area contributed by atoms with Crippen LogP contribution in [-0.4, -0.2) is 47.6 Å². The Bertz CT molecular complexity index is 659. The first-order valence-electron chi connectivity index (χ1n) is 12.7. The van der Waals surface area contributed by atoms with Gasteiger partial charge in [0.15, 0.2) is 0 Å². The highest BCUT2D eigenvalue weighted by molar-refractivity contribution is 5.74. The van der Waals surface area contributed by atoms with Gasteiger partial charge in [0, 0.05) is 0 Å². The normalized spacial score (nSPS) is 43.4. The molecule has 4 rings (SSSR count). The highest BCUT2D eigenvalue weighted by Crippen LogP contribution is 2.56. The van der Waals surface area contributed by atoms with Crippen LogP contribution in [0.4, 0.5) is 0 Å². The van der Waals surface area contributed by atoms with Crippen LogP contribution in [0.2, 0.25) is 0 Å². The summed E-state index contributed by atoms with van der Waals surface area (Å²) in [4.78, 5) is 23.8. The molecule has 4 bridgehead atoms. The van der Waals surface area contributed by atoms with Crippen LogP contribution in [0.3, 0.4) is 0 Å². The quantitative estimate of drug-likeness (QED) is 0.597. The fourth-order valence-corrected chi connectivity index (χ4v) is 7.06. The van der Waals surface area contributed by atoms with Gasteiger partial charge in [-0.3, -0.25) is 9.59 Å². The van der Waals surface area contributed by atoms with Crippen molar-refractivity contribution >= 4 is 11.9 Å². The third kappa shape index (κ3) is 5.16. The highest BCUT2D eigenvalue weighted by Gasteiger charge is 2.52. The van der Waals surface area contributed by atoms with Crippen LogP contribution in [0.1, 0.15) is 67.2 Å². The summed E-state index contributed by atoms with van der Waals surface area (Å²) in [7, 11) is 0. The number of aliphatic hydroxyl groups is 2. The number of fused-ring (bicyclic) bond motifs is 4. The predicted molar refractivity (Wildman–Crippen MR) is 121 cm³/mol. The third-order valence-corrected chi connectivity index (χ3v) is 9.44. The summed E-state index contributed by atoms with van der Waals surface area (Å²) in [5.41, 5.74) is 0. The van der Waals surface area contributed by atoms with Gasteiger partial charge in [-0.05, 0) is 86.9 Å². The number of carbonyl (C=O) groups excluding carboxylic acids is 2. The second kappa shape index (κ2) is 10.4. The van der Waals surface area contributed by atoms with Gasteiger partial charge in [0.2, 0.25) is 0 Å². The Hall–Kier alpha value is -1.14.